The SMILES string of the molecule is Nc1ncnc2c1c(-c1ccc(Oc3ccccc3)cc1F)nn2C[C@@H]1CC(F)(F)CN1C(=O)O. The molecule has 9 nitrogen and oxygen atoms in total. The molecule has 1 atom stereocenters. The fraction of sp³-hybridized carbons (Fsp3) is 0.217. The number of anilines is 1. The van der Waals surface area contributed by atoms with E-state index >= 15 is 4.39 Å². The lowest BCUT2D eigenvalue weighted by atomic mass is 10.1. The van der Waals surface area contributed by atoms with Crippen LogP contribution in [-0.2, 0) is 6.54 Å². The average molecular weight is 484 g/mol. The Kier molecular flexibility index (Phi) is 5.42. The first kappa shape index (κ1) is 22.4. The maximum Gasteiger partial charge on any atom is 0.407 e. The van der Waals surface area contributed by atoms with E-state index in [1.807, 2.05) is 6.07 Å². The molecule has 2 aromatic heterocycles. The van der Waals surface area contributed by atoms with Gasteiger partial charge in [-0.1, -0.05) is 18.2 Å². The Bertz CT molecular complexity index is 1410. The molecule has 4 aromatic rings. The van der Waals surface area contributed by atoms with Crippen LogP contribution < -0.4 is 10.5 Å². The second-order valence-electron chi connectivity index (χ2n) is 8.17. The third-order valence-electron chi connectivity index (χ3n) is 5.74. The smallest absolute Gasteiger partial charge is 0.407 e. The van der Waals surface area contributed by atoms with Crippen LogP contribution in [0.5, 0.6) is 11.5 Å². The Labute approximate surface area is 196 Å². The molecule has 0 saturated carbocycles. The lowest BCUT2D eigenvalue weighted by Crippen LogP contribution is -2.37. The standard InChI is InChI=1S/C23H19F3N6O3/c24-17-8-15(35-14-4-2-1-3-5-14)6-7-16(17)19-18-20(27)28-12-29-21(18)32(30-19)10-13-9-23(25,26)11-31(13)22(33)34/h1-8,12-13H,9-11H2,(H,33,34)(H2,27,28,29)/t13-/m0/s1. The first-order chi connectivity index (χ1) is 16.7. The molecule has 1 fully saturated rings. The van der Waals surface area contributed by atoms with Crippen molar-refractivity contribution in [2.24, 2.45) is 0 Å². The summed E-state index contributed by atoms with van der Waals surface area (Å²) < 4.78 is 50.0. The second kappa shape index (κ2) is 8.46. The van der Waals surface area contributed by atoms with Gasteiger partial charge in [-0.3, -0.25) is 4.90 Å². The van der Waals surface area contributed by atoms with E-state index in [4.69, 9.17) is 10.5 Å². The summed E-state index contributed by atoms with van der Waals surface area (Å²) in [5.41, 5.74) is 6.40. The van der Waals surface area contributed by atoms with Crippen LogP contribution in [0.15, 0.2) is 54.9 Å². The Morgan fingerprint density at radius 2 is 1.94 bits per heavy atom. The number of nitrogen functional groups attached to an aromatic ring is 1. The third kappa shape index (κ3) is 4.29. The van der Waals surface area contributed by atoms with Gasteiger partial charge in [0.05, 0.1) is 24.5 Å². The first-order valence-electron chi connectivity index (χ1n) is 10.6. The van der Waals surface area contributed by atoms with Gasteiger partial charge in [0.25, 0.3) is 5.92 Å². The number of benzene rings is 2. The van der Waals surface area contributed by atoms with Crippen molar-refractivity contribution in [1.82, 2.24) is 24.6 Å². The number of halogens is 3. The third-order valence-corrected chi connectivity index (χ3v) is 5.74. The number of hydrogen-bond donors (Lipinski definition) is 2. The van der Waals surface area contributed by atoms with Gasteiger partial charge in [-0.2, -0.15) is 5.10 Å². The second-order valence-corrected chi connectivity index (χ2v) is 8.17. The lowest BCUT2D eigenvalue weighted by Gasteiger charge is -2.20. The molecule has 35 heavy (non-hydrogen) atoms. The zero-order chi connectivity index (χ0) is 24.7. The van der Waals surface area contributed by atoms with Gasteiger partial charge >= 0.3 is 6.09 Å². The van der Waals surface area contributed by atoms with Gasteiger partial charge in [0, 0.05) is 18.1 Å². The molecule has 2 aromatic carbocycles. The van der Waals surface area contributed by atoms with Crippen molar-refractivity contribution in [2.75, 3.05) is 12.3 Å². The van der Waals surface area contributed by atoms with E-state index in [2.05, 4.69) is 15.1 Å². The summed E-state index contributed by atoms with van der Waals surface area (Å²) in [5.74, 6) is -3.01. The fourth-order valence-corrected chi connectivity index (χ4v) is 4.21. The molecule has 1 aliphatic heterocycles. The van der Waals surface area contributed by atoms with E-state index in [9.17, 15) is 18.7 Å². The molecule has 0 spiro atoms. The van der Waals surface area contributed by atoms with E-state index in [0.717, 1.165) is 0 Å². The van der Waals surface area contributed by atoms with Crippen LogP contribution in [-0.4, -0.2) is 54.4 Å². The minimum absolute atomic E-state index is 0.0205. The molecule has 0 radical (unpaired) electrons. The molecule has 1 aliphatic rings. The highest BCUT2D eigenvalue weighted by molar-refractivity contribution is 5.98. The largest absolute Gasteiger partial charge is 0.465 e. The highest BCUT2D eigenvalue weighted by atomic mass is 19.3. The van der Waals surface area contributed by atoms with E-state index in [-0.39, 0.29) is 40.4 Å². The number of fused-ring (bicyclic) bond motifs is 1. The number of nitrogens with two attached hydrogens (primary N) is 1. The topological polar surface area (TPSA) is 119 Å². The summed E-state index contributed by atoms with van der Waals surface area (Å²) >= 11 is 0. The number of hydrogen-bond acceptors (Lipinski definition) is 6. The number of ether oxygens (including phenoxy) is 1. The molecule has 12 heteroatoms. The van der Waals surface area contributed by atoms with Crippen molar-refractivity contribution < 1.29 is 27.8 Å². The van der Waals surface area contributed by atoms with Crippen LogP contribution in [0, 0.1) is 5.82 Å². The molecule has 180 valence electrons. The van der Waals surface area contributed by atoms with Crippen LogP contribution in [0.4, 0.5) is 23.8 Å². The van der Waals surface area contributed by atoms with Crippen LogP contribution in [0.25, 0.3) is 22.3 Å². The van der Waals surface area contributed by atoms with Gasteiger partial charge < -0.3 is 15.6 Å². The van der Waals surface area contributed by atoms with Crippen LogP contribution in [0.3, 0.4) is 0 Å². The van der Waals surface area contributed by atoms with E-state index < -0.39 is 36.8 Å². The van der Waals surface area contributed by atoms with Crippen molar-refractivity contribution in [2.45, 2.75) is 24.9 Å². The summed E-state index contributed by atoms with van der Waals surface area (Å²) in [6.07, 6.45) is -0.959. The molecule has 3 N–H and O–H groups in total. The van der Waals surface area contributed by atoms with Crippen LogP contribution >= 0.6 is 0 Å². The molecule has 1 amide bonds. The fourth-order valence-electron chi connectivity index (χ4n) is 4.21. The lowest BCUT2D eigenvalue weighted by molar-refractivity contribution is 0.0125. The van der Waals surface area contributed by atoms with Crippen LogP contribution in [0.2, 0.25) is 0 Å². The minimum atomic E-state index is -3.16. The number of nitrogens with zero attached hydrogens (tertiary/aromatic N) is 5. The van der Waals surface area contributed by atoms with Gasteiger partial charge in [0.1, 0.15) is 35.2 Å². The van der Waals surface area contributed by atoms with Crippen LogP contribution in [0.1, 0.15) is 6.42 Å². The Balaban J connectivity index is 1.53. The first-order valence-corrected chi connectivity index (χ1v) is 10.6. The van der Waals surface area contributed by atoms with Gasteiger partial charge in [-0.05, 0) is 24.3 Å². The van der Waals surface area contributed by atoms with E-state index in [1.54, 1.807) is 30.3 Å². The quantitative estimate of drug-likeness (QED) is 0.431. The zero-order valence-corrected chi connectivity index (χ0v) is 18.1. The average Bonchev–Trinajstić information content (AvgIpc) is 3.32. The number of rotatable bonds is 5. The maximum atomic E-state index is 15.2. The Morgan fingerprint density at radius 3 is 2.66 bits per heavy atom. The number of carbonyl (C=O) groups is 1. The van der Waals surface area contributed by atoms with Gasteiger partial charge in [0.2, 0.25) is 0 Å². The molecule has 1 saturated heterocycles. The summed E-state index contributed by atoms with van der Waals surface area (Å²) in [6.45, 7) is -1.13. The molecular formula is C23H19F3N6O3. The number of alkyl halides is 2. The summed E-state index contributed by atoms with van der Waals surface area (Å²) in [5, 5.41) is 14.0. The maximum absolute atomic E-state index is 15.2. The van der Waals surface area contributed by atoms with Crippen molar-refractivity contribution in [3.63, 3.8) is 0 Å². The number of likely N-dealkylation sites (tertiary alicyclic amines) is 1. The van der Waals surface area contributed by atoms with Gasteiger partial charge in [-0.15, -0.1) is 0 Å². The number of amides is 1. The molecule has 5 rings (SSSR count). The molecule has 0 aliphatic carbocycles. The van der Waals surface area contributed by atoms with E-state index in [1.165, 1.54) is 23.1 Å². The normalized spacial score (nSPS) is 17.1. The Morgan fingerprint density at radius 1 is 1.17 bits per heavy atom. The predicted molar refractivity (Wildman–Crippen MR) is 120 cm³/mol. The highest BCUT2D eigenvalue weighted by Gasteiger charge is 2.47. The molecule has 0 bridgehead atoms. The zero-order valence-electron chi connectivity index (χ0n) is 18.1. The number of aromatic nitrogens is 4. The molecule has 3 heterocycles. The van der Waals surface area contributed by atoms with Crippen molar-refractivity contribution in [3.8, 4) is 22.8 Å². The number of para-hydroxylation sites is 1. The monoisotopic (exact) mass is 484 g/mol. The minimum Gasteiger partial charge on any atom is -0.465 e. The number of carboxylic acid groups (broad SMARTS) is 1. The Hall–Kier alpha value is -4.35. The molecular weight excluding hydrogens is 465 g/mol. The summed E-state index contributed by atoms with van der Waals surface area (Å²) in [7, 11) is 0. The van der Waals surface area contributed by atoms with Gasteiger partial charge in [0.15, 0.2) is 5.65 Å². The van der Waals surface area contributed by atoms with Crippen molar-refractivity contribution in [1.29, 1.82) is 0 Å². The van der Waals surface area contributed by atoms with E-state index in [0.29, 0.717) is 10.6 Å². The van der Waals surface area contributed by atoms with Crippen molar-refractivity contribution >= 4 is 22.9 Å². The summed E-state index contributed by atoms with van der Waals surface area (Å²) in [4.78, 5) is 20.3. The molecule has 0 unspecified atom stereocenters. The predicted octanol–water partition coefficient (Wildman–Crippen LogP) is 4.39. The highest BCUT2D eigenvalue weighted by Crippen LogP contribution is 2.36. The summed E-state index contributed by atoms with van der Waals surface area (Å²) in [6, 6.07) is 12.0. The van der Waals surface area contributed by atoms with Crippen molar-refractivity contribution in [3.05, 3.63) is 60.7 Å². The van der Waals surface area contributed by atoms with Gasteiger partial charge in [-0.25, -0.2) is 32.6 Å².